The molecular formula is C12H14N. The van der Waals surface area contributed by atoms with Crippen molar-refractivity contribution in [2.24, 2.45) is 0 Å². The number of aromatic amines is 1. The summed E-state index contributed by atoms with van der Waals surface area (Å²) < 4.78 is 0. The Morgan fingerprint density at radius 3 is 2.69 bits per heavy atom. The smallest absolute Gasteiger partial charge is 0.0462 e. The van der Waals surface area contributed by atoms with Crippen LogP contribution in [0.5, 0.6) is 0 Å². The molecule has 0 saturated heterocycles. The standard InChI is InChI=1S/C12H14N/c1-12(2,3)11-8-9-6-4-5-7-10(9)13-11/h4-5,7-8,13H,1-3H3. The second kappa shape index (κ2) is 2.63. The Kier molecular flexibility index (Phi) is 1.69. The fraction of sp³-hybridized carbons (Fsp3) is 0.333. The lowest BCUT2D eigenvalue weighted by Gasteiger charge is -2.15. The molecule has 0 saturated carbocycles. The van der Waals surface area contributed by atoms with Gasteiger partial charge in [-0.2, -0.15) is 0 Å². The van der Waals surface area contributed by atoms with E-state index in [1.165, 1.54) is 16.6 Å². The van der Waals surface area contributed by atoms with Gasteiger partial charge in [0.15, 0.2) is 0 Å². The summed E-state index contributed by atoms with van der Waals surface area (Å²) in [7, 11) is 0. The molecule has 1 heterocycles. The molecule has 0 bridgehead atoms. The van der Waals surface area contributed by atoms with Gasteiger partial charge in [-0.3, -0.25) is 0 Å². The van der Waals surface area contributed by atoms with E-state index in [2.05, 4.69) is 44.0 Å². The second-order valence-corrected chi connectivity index (χ2v) is 4.43. The zero-order chi connectivity index (χ0) is 9.47. The molecule has 0 aliphatic rings. The first-order valence-electron chi connectivity index (χ1n) is 4.57. The highest BCUT2D eigenvalue weighted by molar-refractivity contribution is 5.79. The van der Waals surface area contributed by atoms with Gasteiger partial charge in [-0.25, -0.2) is 0 Å². The third-order valence-electron chi connectivity index (χ3n) is 2.25. The molecule has 1 nitrogen and oxygen atoms in total. The average Bonchev–Trinajstić information content (AvgIpc) is 2.45. The van der Waals surface area contributed by atoms with Crippen molar-refractivity contribution in [2.75, 3.05) is 0 Å². The van der Waals surface area contributed by atoms with E-state index in [0.29, 0.717) is 0 Å². The summed E-state index contributed by atoms with van der Waals surface area (Å²) in [6.45, 7) is 6.62. The third-order valence-corrected chi connectivity index (χ3v) is 2.25. The molecule has 1 N–H and O–H groups in total. The Hall–Kier alpha value is -1.24. The van der Waals surface area contributed by atoms with Crippen LogP contribution in [0.3, 0.4) is 0 Å². The van der Waals surface area contributed by atoms with Crippen LogP contribution in [-0.4, -0.2) is 4.98 Å². The van der Waals surface area contributed by atoms with Gasteiger partial charge in [0, 0.05) is 22.0 Å². The number of benzene rings is 1. The summed E-state index contributed by atoms with van der Waals surface area (Å²) in [5.41, 5.74) is 2.63. The minimum absolute atomic E-state index is 0.187. The largest absolute Gasteiger partial charge is 0.358 e. The van der Waals surface area contributed by atoms with Crippen molar-refractivity contribution in [2.45, 2.75) is 26.2 Å². The van der Waals surface area contributed by atoms with E-state index in [-0.39, 0.29) is 5.41 Å². The molecule has 13 heavy (non-hydrogen) atoms. The van der Waals surface area contributed by atoms with Gasteiger partial charge < -0.3 is 4.98 Å². The highest BCUT2D eigenvalue weighted by Crippen LogP contribution is 2.24. The summed E-state index contributed by atoms with van der Waals surface area (Å²) in [5.74, 6) is 0. The van der Waals surface area contributed by atoms with Crippen LogP contribution in [-0.2, 0) is 5.41 Å². The van der Waals surface area contributed by atoms with Crippen molar-refractivity contribution in [3.8, 4) is 0 Å². The van der Waals surface area contributed by atoms with E-state index in [9.17, 15) is 0 Å². The number of fused-ring (bicyclic) bond motifs is 1. The average molecular weight is 172 g/mol. The molecule has 0 aliphatic heterocycles. The van der Waals surface area contributed by atoms with Crippen LogP contribution >= 0.6 is 0 Å². The van der Waals surface area contributed by atoms with Crippen molar-refractivity contribution in [3.05, 3.63) is 36.0 Å². The van der Waals surface area contributed by atoms with Crippen molar-refractivity contribution < 1.29 is 0 Å². The van der Waals surface area contributed by atoms with E-state index < -0.39 is 0 Å². The minimum Gasteiger partial charge on any atom is -0.358 e. The van der Waals surface area contributed by atoms with E-state index in [4.69, 9.17) is 0 Å². The van der Waals surface area contributed by atoms with Crippen LogP contribution in [0.25, 0.3) is 10.9 Å². The Balaban J connectivity index is 2.63. The van der Waals surface area contributed by atoms with Crippen molar-refractivity contribution in [1.82, 2.24) is 4.98 Å². The lowest BCUT2D eigenvalue weighted by atomic mass is 9.92. The Bertz CT molecular complexity index is 385. The first kappa shape index (κ1) is 8.36. The number of aromatic nitrogens is 1. The second-order valence-electron chi connectivity index (χ2n) is 4.43. The fourth-order valence-electron chi connectivity index (χ4n) is 1.41. The van der Waals surface area contributed by atoms with Gasteiger partial charge in [-0.1, -0.05) is 32.9 Å². The molecule has 1 aromatic heterocycles. The predicted octanol–water partition coefficient (Wildman–Crippen LogP) is 3.27. The van der Waals surface area contributed by atoms with Crippen molar-refractivity contribution in [1.29, 1.82) is 0 Å². The number of rotatable bonds is 0. The summed E-state index contributed by atoms with van der Waals surface area (Å²) in [4.78, 5) is 3.40. The normalized spacial score (nSPS) is 12.2. The molecule has 0 fully saturated rings. The highest BCUT2D eigenvalue weighted by Gasteiger charge is 2.15. The summed E-state index contributed by atoms with van der Waals surface area (Å²) in [6, 6.07) is 11.4. The van der Waals surface area contributed by atoms with Gasteiger partial charge in [0.1, 0.15) is 0 Å². The molecule has 1 aromatic carbocycles. The lowest BCUT2D eigenvalue weighted by Crippen LogP contribution is -2.10. The van der Waals surface area contributed by atoms with Crippen LogP contribution in [0.4, 0.5) is 0 Å². The van der Waals surface area contributed by atoms with Gasteiger partial charge >= 0.3 is 0 Å². The molecular weight excluding hydrogens is 158 g/mol. The quantitative estimate of drug-likeness (QED) is 0.627. The topological polar surface area (TPSA) is 15.8 Å². The van der Waals surface area contributed by atoms with Crippen LogP contribution in [0.2, 0.25) is 0 Å². The molecule has 0 amide bonds. The molecule has 2 aromatic rings. The van der Waals surface area contributed by atoms with Crippen molar-refractivity contribution in [3.63, 3.8) is 0 Å². The maximum absolute atomic E-state index is 3.40. The van der Waals surface area contributed by atoms with Gasteiger partial charge in [-0.05, 0) is 18.2 Å². The highest BCUT2D eigenvalue weighted by atomic mass is 14.7. The number of hydrogen-bond acceptors (Lipinski definition) is 0. The van der Waals surface area contributed by atoms with Crippen LogP contribution in [0.1, 0.15) is 26.5 Å². The van der Waals surface area contributed by atoms with Crippen molar-refractivity contribution >= 4 is 10.9 Å². The lowest BCUT2D eigenvalue weighted by molar-refractivity contribution is 0.574. The molecule has 0 atom stereocenters. The van der Waals surface area contributed by atoms with E-state index in [1.807, 2.05) is 12.1 Å². The molecule has 1 heteroatoms. The maximum Gasteiger partial charge on any atom is 0.0462 e. The SMILES string of the molecule is CC(C)(C)c1cc2[c]cccc2[nH]1. The Morgan fingerprint density at radius 2 is 2.08 bits per heavy atom. The number of hydrogen-bond donors (Lipinski definition) is 1. The van der Waals surface area contributed by atoms with Gasteiger partial charge in [0.25, 0.3) is 0 Å². The molecule has 67 valence electrons. The number of H-pyrrole nitrogens is 1. The minimum atomic E-state index is 0.187. The summed E-state index contributed by atoms with van der Waals surface area (Å²) in [6.07, 6.45) is 0. The molecule has 0 aliphatic carbocycles. The van der Waals surface area contributed by atoms with E-state index in [1.54, 1.807) is 0 Å². The first-order chi connectivity index (χ1) is 6.07. The molecule has 1 radical (unpaired) electrons. The van der Waals surface area contributed by atoms with Gasteiger partial charge in [0.05, 0.1) is 0 Å². The predicted molar refractivity (Wildman–Crippen MR) is 55.8 cm³/mol. The number of nitrogens with one attached hydrogen (secondary N) is 1. The molecule has 0 unspecified atom stereocenters. The zero-order valence-corrected chi connectivity index (χ0v) is 8.31. The molecule has 2 rings (SSSR count). The monoisotopic (exact) mass is 172 g/mol. The Labute approximate surface area is 78.8 Å². The summed E-state index contributed by atoms with van der Waals surface area (Å²) >= 11 is 0. The van der Waals surface area contributed by atoms with Gasteiger partial charge in [-0.15, -0.1) is 0 Å². The fourth-order valence-corrected chi connectivity index (χ4v) is 1.41. The van der Waals surface area contributed by atoms with E-state index >= 15 is 0 Å². The molecule has 0 spiro atoms. The maximum atomic E-state index is 3.40. The zero-order valence-electron chi connectivity index (χ0n) is 8.31. The van der Waals surface area contributed by atoms with Crippen LogP contribution < -0.4 is 0 Å². The first-order valence-corrected chi connectivity index (χ1v) is 4.57. The Morgan fingerprint density at radius 1 is 1.31 bits per heavy atom. The van der Waals surface area contributed by atoms with Gasteiger partial charge in [0.2, 0.25) is 0 Å². The van der Waals surface area contributed by atoms with E-state index in [0.717, 1.165) is 0 Å². The third kappa shape index (κ3) is 1.46. The van der Waals surface area contributed by atoms with Crippen LogP contribution in [0, 0.1) is 6.07 Å². The van der Waals surface area contributed by atoms with Crippen LogP contribution in [0.15, 0.2) is 24.3 Å². The summed E-state index contributed by atoms with van der Waals surface area (Å²) in [5, 5.41) is 1.17.